The Bertz CT molecular complexity index is 1010. The second-order valence-corrected chi connectivity index (χ2v) is 7.84. The first-order valence-electron chi connectivity index (χ1n) is 10.7. The molecule has 2 aromatic carbocycles. The van der Waals surface area contributed by atoms with Gasteiger partial charge in [0.2, 0.25) is 5.91 Å². The fourth-order valence-electron chi connectivity index (χ4n) is 4.06. The van der Waals surface area contributed by atoms with Crippen LogP contribution in [0.1, 0.15) is 25.3 Å². The van der Waals surface area contributed by atoms with Gasteiger partial charge in [0.05, 0.1) is 13.7 Å². The van der Waals surface area contributed by atoms with Gasteiger partial charge in [0, 0.05) is 32.6 Å². The van der Waals surface area contributed by atoms with Gasteiger partial charge in [0.15, 0.2) is 17.1 Å². The van der Waals surface area contributed by atoms with E-state index in [1.165, 1.54) is 0 Å². The summed E-state index contributed by atoms with van der Waals surface area (Å²) in [5.74, 6) is 1.58. The average molecular weight is 424 g/mol. The first kappa shape index (κ1) is 21.0. The molecule has 0 spiro atoms. The molecule has 0 bridgehead atoms. The number of aromatic nitrogens is 1. The van der Waals surface area contributed by atoms with Crippen molar-refractivity contribution in [2.75, 3.05) is 38.8 Å². The Morgan fingerprint density at radius 1 is 1.19 bits per heavy atom. The molecule has 164 valence electrons. The van der Waals surface area contributed by atoms with Crippen LogP contribution in [0.2, 0.25) is 0 Å². The molecule has 0 radical (unpaired) electrons. The van der Waals surface area contributed by atoms with Crippen molar-refractivity contribution in [2.24, 2.45) is 5.92 Å². The smallest absolute Gasteiger partial charge is 0.298 e. The maximum Gasteiger partial charge on any atom is 0.298 e. The summed E-state index contributed by atoms with van der Waals surface area (Å²) in [7, 11) is 3.49. The van der Waals surface area contributed by atoms with Crippen molar-refractivity contribution in [3.63, 3.8) is 0 Å². The van der Waals surface area contributed by atoms with Gasteiger partial charge in [-0.3, -0.25) is 4.79 Å². The monoisotopic (exact) mass is 423 g/mol. The summed E-state index contributed by atoms with van der Waals surface area (Å²) in [4.78, 5) is 21.5. The molecule has 4 rings (SSSR count). The molecule has 2 heterocycles. The Kier molecular flexibility index (Phi) is 6.30. The van der Waals surface area contributed by atoms with Gasteiger partial charge in [0.1, 0.15) is 5.52 Å². The number of hydrogen-bond acceptors (Lipinski definition) is 6. The first-order valence-corrected chi connectivity index (χ1v) is 10.7. The Morgan fingerprint density at radius 2 is 1.97 bits per heavy atom. The minimum absolute atomic E-state index is 0.00946. The van der Waals surface area contributed by atoms with Gasteiger partial charge in [-0.15, -0.1) is 0 Å². The lowest BCUT2D eigenvalue weighted by atomic mass is 9.95. The molecule has 31 heavy (non-hydrogen) atoms. The summed E-state index contributed by atoms with van der Waals surface area (Å²) in [5.41, 5.74) is 2.67. The highest BCUT2D eigenvalue weighted by molar-refractivity contribution is 5.79. The molecule has 1 aliphatic heterocycles. The van der Waals surface area contributed by atoms with Gasteiger partial charge in [-0.1, -0.05) is 18.2 Å². The van der Waals surface area contributed by atoms with E-state index in [2.05, 4.69) is 9.88 Å². The van der Waals surface area contributed by atoms with Crippen LogP contribution in [0, 0.1) is 5.92 Å². The number of carbonyl (C=O) groups is 1. The highest BCUT2D eigenvalue weighted by Gasteiger charge is 2.29. The Hall–Kier alpha value is -3.22. The number of oxazole rings is 1. The van der Waals surface area contributed by atoms with Gasteiger partial charge >= 0.3 is 0 Å². The highest BCUT2D eigenvalue weighted by Crippen LogP contribution is 2.30. The SMILES string of the molecule is CCOc1ccc(CN(C)C(=O)C2CCN(c3nc4ccccc4o3)CC2)cc1OC. The molecule has 1 aliphatic rings. The van der Waals surface area contributed by atoms with E-state index in [0.717, 1.165) is 42.6 Å². The molecule has 1 saturated heterocycles. The molecule has 3 aromatic rings. The van der Waals surface area contributed by atoms with E-state index in [-0.39, 0.29) is 11.8 Å². The third kappa shape index (κ3) is 4.60. The van der Waals surface area contributed by atoms with Crippen LogP contribution in [-0.2, 0) is 11.3 Å². The summed E-state index contributed by atoms with van der Waals surface area (Å²) in [5, 5.41) is 0. The van der Waals surface area contributed by atoms with Crippen LogP contribution in [0.15, 0.2) is 46.9 Å². The number of piperidine rings is 1. The number of methoxy groups -OCH3 is 1. The fraction of sp³-hybridized carbons (Fsp3) is 0.417. The zero-order valence-corrected chi connectivity index (χ0v) is 18.3. The lowest BCUT2D eigenvalue weighted by molar-refractivity contribution is -0.135. The summed E-state index contributed by atoms with van der Waals surface area (Å²) >= 11 is 0. The van der Waals surface area contributed by atoms with Crippen LogP contribution in [0.25, 0.3) is 11.1 Å². The third-order valence-electron chi connectivity index (χ3n) is 5.72. The van der Waals surface area contributed by atoms with E-state index in [0.29, 0.717) is 30.7 Å². The lowest BCUT2D eigenvalue weighted by Crippen LogP contribution is -2.41. The number of amides is 1. The minimum atomic E-state index is 0.00946. The number of hydrogen-bond donors (Lipinski definition) is 0. The predicted octanol–water partition coefficient (Wildman–Crippen LogP) is 4.11. The molecule has 7 nitrogen and oxygen atoms in total. The Morgan fingerprint density at radius 3 is 2.68 bits per heavy atom. The molecule has 1 amide bonds. The quantitative estimate of drug-likeness (QED) is 0.570. The molecule has 1 fully saturated rings. The van der Waals surface area contributed by atoms with Gasteiger partial charge in [0.25, 0.3) is 6.01 Å². The van der Waals surface area contributed by atoms with Gasteiger partial charge < -0.3 is 23.7 Å². The second-order valence-electron chi connectivity index (χ2n) is 7.84. The average Bonchev–Trinajstić information content (AvgIpc) is 3.24. The van der Waals surface area contributed by atoms with Crippen LogP contribution in [0.4, 0.5) is 6.01 Å². The number of para-hydroxylation sites is 2. The summed E-state index contributed by atoms with van der Waals surface area (Å²) in [6.45, 7) is 4.57. The molecule has 0 atom stereocenters. The van der Waals surface area contributed by atoms with Gasteiger partial charge in [-0.2, -0.15) is 4.98 Å². The van der Waals surface area contributed by atoms with Crippen molar-refractivity contribution in [3.05, 3.63) is 48.0 Å². The number of rotatable bonds is 7. The number of anilines is 1. The van der Waals surface area contributed by atoms with Crippen LogP contribution < -0.4 is 14.4 Å². The highest BCUT2D eigenvalue weighted by atomic mass is 16.5. The lowest BCUT2D eigenvalue weighted by Gasteiger charge is -2.32. The van der Waals surface area contributed by atoms with Crippen LogP contribution in [0.5, 0.6) is 11.5 Å². The van der Waals surface area contributed by atoms with E-state index < -0.39 is 0 Å². The zero-order chi connectivity index (χ0) is 21.8. The van der Waals surface area contributed by atoms with Crippen molar-refractivity contribution >= 4 is 23.0 Å². The third-order valence-corrected chi connectivity index (χ3v) is 5.72. The molecule has 7 heteroatoms. The van der Waals surface area contributed by atoms with E-state index in [1.807, 2.05) is 56.4 Å². The van der Waals surface area contributed by atoms with Crippen molar-refractivity contribution in [1.29, 1.82) is 0 Å². The predicted molar refractivity (Wildman–Crippen MR) is 120 cm³/mol. The van der Waals surface area contributed by atoms with E-state index in [1.54, 1.807) is 12.0 Å². The maximum absolute atomic E-state index is 13.0. The van der Waals surface area contributed by atoms with Crippen LogP contribution >= 0.6 is 0 Å². The summed E-state index contributed by atoms with van der Waals surface area (Å²) in [6.07, 6.45) is 1.57. The van der Waals surface area contributed by atoms with Crippen LogP contribution in [-0.4, -0.2) is 49.6 Å². The Labute approximate surface area is 182 Å². The molecule has 0 N–H and O–H groups in total. The van der Waals surface area contributed by atoms with E-state index in [9.17, 15) is 4.79 Å². The molecule has 1 aromatic heterocycles. The molecule has 0 unspecified atom stereocenters. The van der Waals surface area contributed by atoms with Crippen LogP contribution in [0.3, 0.4) is 0 Å². The largest absolute Gasteiger partial charge is 0.493 e. The second kappa shape index (κ2) is 9.29. The molecular weight excluding hydrogens is 394 g/mol. The normalized spacial score (nSPS) is 14.6. The van der Waals surface area contributed by atoms with Gasteiger partial charge in [-0.05, 0) is 49.6 Å². The number of benzene rings is 2. The summed E-state index contributed by atoms with van der Waals surface area (Å²) in [6, 6.07) is 14.2. The van der Waals surface area contributed by atoms with E-state index in [4.69, 9.17) is 13.9 Å². The number of fused-ring (bicyclic) bond motifs is 1. The minimum Gasteiger partial charge on any atom is -0.493 e. The number of nitrogens with zero attached hydrogens (tertiary/aromatic N) is 3. The van der Waals surface area contributed by atoms with Crippen molar-refractivity contribution in [1.82, 2.24) is 9.88 Å². The molecular formula is C24H29N3O4. The summed E-state index contributed by atoms with van der Waals surface area (Å²) < 4.78 is 16.9. The van der Waals surface area contributed by atoms with E-state index >= 15 is 0 Å². The topological polar surface area (TPSA) is 68.0 Å². The van der Waals surface area contributed by atoms with Crippen molar-refractivity contribution in [2.45, 2.75) is 26.3 Å². The molecule has 0 saturated carbocycles. The first-order chi connectivity index (χ1) is 15.1. The number of ether oxygens (including phenoxy) is 2. The van der Waals surface area contributed by atoms with Gasteiger partial charge in [-0.25, -0.2) is 0 Å². The molecule has 0 aliphatic carbocycles. The maximum atomic E-state index is 13.0. The number of carbonyl (C=O) groups excluding carboxylic acids is 1. The van der Waals surface area contributed by atoms with Crippen molar-refractivity contribution < 1.29 is 18.7 Å². The standard InChI is InChI=1S/C24H29N3O4/c1-4-30-21-10-9-17(15-22(21)29-3)16-26(2)23(28)18-11-13-27(14-12-18)24-25-19-7-5-6-8-20(19)31-24/h5-10,15,18H,4,11-14,16H2,1-3H3. The Balaban J connectivity index is 1.34. The fourth-order valence-corrected chi connectivity index (χ4v) is 4.06. The van der Waals surface area contributed by atoms with Crippen molar-refractivity contribution in [3.8, 4) is 11.5 Å². The zero-order valence-electron chi connectivity index (χ0n) is 18.3.